The van der Waals surface area contributed by atoms with Crippen LogP contribution in [0, 0.1) is 0 Å². The lowest BCUT2D eigenvalue weighted by atomic mass is 10.2. The standard InChI is InChI=1S/C18H22N4O4/c1-2-3-4-9-26-15-7-5-13(6-8-15)12-19-22-17(24)11-14-10-16(23)21-18(25)20-14/h5-8,10,12H,2-4,9,11H2,1H3,(H,22,24)(H2,20,21,23,25). The summed E-state index contributed by atoms with van der Waals surface area (Å²) in [6, 6.07) is 8.51. The van der Waals surface area contributed by atoms with Crippen molar-refractivity contribution in [2.24, 2.45) is 5.10 Å². The van der Waals surface area contributed by atoms with Crippen LogP contribution in [0.3, 0.4) is 0 Å². The van der Waals surface area contributed by atoms with Gasteiger partial charge in [-0.3, -0.25) is 14.6 Å². The van der Waals surface area contributed by atoms with E-state index in [-0.39, 0.29) is 12.1 Å². The summed E-state index contributed by atoms with van der Waals surface area (Å²) in [5.74, 6) is 0.346. The summed E-state index contributed by atoms with van der Waals surface area (Å²) >= 11 is 0. The average Bonchev–Trinajstić information content (AvgIpc) is 2.59. The van der Waals surface area contributed by atoms with Crippen molar-refractivity contribution in [1.29, 1.82) is 0 Å². The monoisotopic (exact) mass is 358 g/mol. The highest BCUT2D eigenvalue weighted by Gasteiger charge is 2.04. The lowest BCUT2D eigenvalue weighted by molar-refractivity contribution is -0.120. The maximum atomic E-state index is 11.8. The number of hydrazone groups is 1. The van der Waals surface area contributed by atoms with Gasteiger partial charge in [-0.05, 0) is 36.2 Å². The van der Waals surface area contributed by atoms with Crippen molar-refractivity contribution in [2.75, 3.05) is 6.61 Å². The first kappa shape index (κ1) is 19.2. The number of aromatic amines is 2. The average molecular weight is 358 g/mol. The molecular formula is C18H22N4O4. The number of amides is 1. The van der Waals surface area contributed by atoms with Gasteiger partial charge in [-0.25, -0.2) is 10.2 Å². The first-order valence-electron chi connectivity index (χ1n) is 8.44. The SMILES string of the molecule is CCCCCOc1ccc(C=NNC(=O)Cc2cc(=O)[nH]c(=O)[nH]2)cc1. The quantitative estimate of drug-likeness (QED) is 0.356. The minimum atomic E-state index is -0.652. The fourth-order valence-electron chi connectivity index (χ4n) is 2.20. The molecule has 0 unspecified atom stereocenters. The number of hydrogen-bond donors (Lipinski definition) is 3. The van der Waals surface area contributed by atoms with Crippen LogP contribution in [0.2, 0.25) is 0 Å². The Balaban J connectivity index is 1.81. The predicted octanol–water partition coefficient (Wildman–Crippen LogP) is 1.32. The van der Waals surface area contributed by atoms with Crippen molar-refractivity contribution >= 4 is 12.1 Å². The molecule has 2 rings (SSSR count). The molecule has 1 heterocycles. The van der Waals surface area contributed by atoms with Crippen LogP contribution in [-0.4, -0.2) is 28.7 Å². The molecule has 138 valence electrons. The summed E-state index contributed by atoms with van der Waals surface area (Å²) in [5, 5.41) is 3.86. The van der Waals surface area contributed by atoms with E-state index < -0.39 is 17.2 Å². The van der Waals surface area contributed by atoms with Gasteiger partial charge in [-0.1, -0.05) is 19.8 Å². The van der Waals surface area contributed by atoms with E-state index in [2.05, 4.69) is 22.4 Å². The lowest BCUT2D eigenvalue weighted by Crippen LogP contribution is -2.26. The molecule has 0 aliphatic heterocycles. The van der Waals surface area contributed by atoms with Crippen LogP contribution in [-0.2, 0) is 11.2 Å². The Morgan fingerprint density at radius 1 is 1.19 bits per heavy atom. The molecule has 0 aliphatic carbocycles. The van der Waals surface area contributed by atoms with Crippen LogP contribution in [0.4, 0.5) is 0 Å². The molecule has 0 radical (unpaired) electrons. The summed E-state index contributed by atoms with van der Waals surface area (Å²) in [5.41, 5.74) is 2.16. The minimum Gasteiger partial charge on any atom is -0.494 e. The second kappa shape index (κ2) is 9.97. The van der Waals surface area contributed by atoms with Crippen molar-refractivity contribution in [3.8, 4) is 5.75 Å². The van der Waals surface area contributed by atoms with Gasteiger partial charge in [0.15, 0.2) is 0 Å². The van der Waals surface area contributed by atoms with Crippen LogP contribution < -0.4 is 21.4 Å². The summed E-state index contributed by atoms with van der Waals surface area (Å²) in [6.45, 7) is 2.84. The van der Waals surface area contributed by atoms with Gasteiger partial charge in [0.05, 0.1) is 19.2 Å². The molecule has 8 heteroatoms. The van der Waals surface area contributed by atoms with E-state index in [1.807, 2.05) is 29.2 Å². The van der Waals surface area contributed by atoms with Gasteiger partial charge in [0, 0.05) is 11.8 Å². The van der Waals surface area contributed by atoms with Crippen molar-refractivity contribution in [3.05, 3.63) is 62.4 Å². The predicted molar refractivity (Wildman–Crippen MR) is 98.6 cm³/mol. The van der Waals surface area contributed by atoms with E-state index in [1.165, 1.54) is 6.21 Å². The second-order valence-corrected chi connectivity index (χ2v) is 5.71. The van der Waals surface area contributed by atoms with Gasteiger partial charge in [0.2, 0.25) is 5.91 Å². The molecule has 1 aromatic heterocycles. The Kier molecular flexibility index (Phi) is 7.35. The van der Waals surface area contributed by atoms with Gasteiger partial charge in [0.1, 0.15) is 5.75 Å². The van der Waals surface area contributed by atoms with Gasteiger partial charge >= 0.3 is 5.69 Å². The summed E-state index contributed by atoms with van der Waals surface area (Å²) in [6.07, 6.45) is 4.68. The third kappa shape index (κ3) is 6.76. The van der Waals surface area contributed by atoms with E-state index in [4.69, 9.17) is 4.74 Å². The molecule has 0 saturated carbocycles. The van der Waals surface area contributed by atoms with Crippen molar-refractivity contribution < 1.29 is 9.53 Å². The molecule has 0 fully saturated rings. The lowest BCUT2D eigenvalue weighted by Gasteiger charge is -2.05. The largest absolute Gasteiger partial charge is 0.494 e. The minimum absolute atomic E-state index is 0.152. The van der Waals surface area contributed by atoms with E-state index in [9.17, 15) is 14.4 Å². The Morgan fingerprint density at radius 2 is 1.96 bits per heavy atom. The number of unbranched alkanes of at least 4 members (excludes halogenated alkanes) is 2. The Bertz CT molecular complexity index is 824. The van der Waals surface area contributed by atoms with E-state index >= 15 is 0 Å². The number of aromatic nitrogens is 2. The zero-order chi connectivity index (χ0) is 18.8. The van der Waals surface area contributed by atoms with Gasteiger partial charge in [0.25, 0.3) is 5.56 Å². The zero-order valence-electron chi connectivity index (χ0n) is 14.6. The van der Waals surface area contributed by atoms with Gasteiger partial charge in [-0.2, -0.15) is 5.10 Å². The highest BCUT2D eigenvalue weighted by atomic mass is 16.5. The molecule has 0 saturated heterocycles. The maximum absolute atomic E-state index is 11.8. The number of ether oxygens (including phenoxy) is 1. The van der Waals surface area contributed by atoms with E-state index in [1.54, 1.807) is 0 Å². The molecule has 2 aromatic rings. The maximum Gasteiger partial charge on any atom is 0.325 e. The van der Waals surface area contributed by atoms with Crippen LogP contribution in [0.5, 0.6) is 5.75 Å². The second-order valence-electron chi connectivity index (χ2n) is 5.71. The fraction of sp³-hybridized carbons (Fsp3) is 0.333. The number of carbonyl (C=O) groups is 1. The number of nitrogens with zero attached hydrogens (tertiary/aromatic N) is 1. The molecule has 8 nitrogen and oxygen atoms in total. The highest BCUT2D eigenvalue weighted by Crippen LogP contribution is 2.11. The van der Waals surface area contributed by atoms with Crippen molar-refractivity contribution in [3.63, 3.8) is 0 Å². The zero-order valence-corrected chi connectivity index (χ0v) is 14.6. The van der Waals surface area contributed by atoms with E-state index in [0.29, 0.717) is 6.61 Å². The molecule has 0 spiro atoms. The molecule has 1 aromatic carbocycles. The fourth-order valence-corrected chi connectivity index (χ4v) is 2.20. The Morgan fingerprint density at radius 3 is 2.65 bits per heavy atom. The Labute approximate surface area is 150 Å². The summed E-state index contributed by atoms with van der Waals surface area (Å²) < 4.78 is 5.62. The first-order valence-corrected chi connectivity index (χ1v) is 8.44. The van der Waals surface area contributed by atoms with E-state index in [0.717, 1.165) is 36.6 Å². The number of nitrogens with one attached hydrogen (secondary N) is 3. The molecular weight excluding hydrogens is 336 g/mol. The van der Waals surface area contributed by atoms with Crippen molar-refractivity contribution in [2.45, 2.75) is 32.6 Å². The van der Waals surface area contributed by atoms with Crippen LogP contribution in [0.25, 0.3) is 0 Å². The molecule has 1 amide bonds. The molecule has 0 bridgehead atoms. The van der Waals surface area contributed by atoms with Gasteiger partial charge in [-0.15, -0.1) is 0 Å². The topological polar surface area (TPSA) is 116 Å². The molecule has 26 heavy (non-hydrogen) atoms. The molecule has 0 aliphatic rings. The Hall–Kier alpha value is -3.16. The molecule has 0 atom stereocenters. The van der Waals surface area contributed by atoms with Crippen LogP contribution in [0.15, 0.2) is 45.0 Å². The number of rotatable bonds is 9. The van der Waals surface area contributed by atoms with Gasteiger partial charge < -0.3 is 9.72 Å². The third-order valence-electron chi connectivity index (χ3n) is 3.47. The van der Waals surface area contributed by atoms with Crippen LogP contribution >= 0.6 is 0 Å². The highest BCUT2D eigenvalue weighted by molar-refractivity contribution is 5.83. The molecule has 3 N–H and O–H groups in total. The normalized spacial score (nSPS) is 10.8. The number of carbonyl (C=O) groups excluding carboxylic acids is 1. The first-order chi connectivity index (χ1) is 12.6. The smallest absolute Gasteiger partial charge is 0.325 e. The van der Waals surface area contributed by atoms with Crippen molar-refractivity contribution in [1.82, 2.24) is 15.4 Å². The number of hydrogen-bond acceptors (Lipinski definition) is 5. The number of benzene rings is 1. The third-order valence-corrected chi connectivity index (χ3v) is 3.47. The summed E-state index contributed by atoms with van der Waals surface area (Å²) in [7, 11) is 0. The van der Waals surface area contributed by atoms with Crippen LogP contribution in [0.1, 0.15) is 37.4 Å². The summed E-state index contributed by atoms with van der Waals surface area (Å²) in [4.78, 5) is 38.5. The number of H-pyrrole nitrogens is 2.